The zero-order valence-electron chi connectivity index (χ0n) is 24.0. The molecule has 1 atom stereocenters. The second kappa shape index (κ2) is 14.1. The molecule has 2 aromatic carbocycles. The molecule has 41 heavy (non-hydrogen) atoms. The van der Waals surface area contributed by atoms with Gasteiger partial charge >= 0.3 is 0 Å². The lowest BCUT2D eigenvalue weighted by Gasteiger charge is -2.21. The molecule has 2 heterocycles. The summed E-state index contributed by atoms with van der Waals surface area (Å²) >= 11 is 0. The number of amides is 1. The lowest BCUT2D eigenvalue weighted by molar-refractivity contribution is -0.121. The molecule has 1 amide bonds. The Morgan fingerprint density at radius 1 is 1.17 bits per heavy atom. The molecule has 4 rings (SSSR count). The van der Waals surface area contributed by atoms with Crippen LogP contribution in [0.4, 0.5) is 11.4 Å². The first kappa shape index (κ1) is 29.3. The smallest absolute Gasteiger partial charge is 0.220 e. The summed E-state index contributed by atoms with van der Waals surface area (Å²) in [7, 11) is 1.62. The molecule has 1 aromatic heterocycles. The fourth-order valence-electron chi connectivity index (χ4n) is 4.29. The number of anilines is 1. The van der Waals surface area contributed by atoms with Gasteiger partial charge in [-0.1, -0.05) is 6.92 Å². The second-order valence-electron chi connectivity index (χ2n) is 9.67. The van der Waals surface area contributed by atoms with Crippen molar-refractivity contribution in [2.24, 2.45) is 10.1 Å². The highest BCUT2D eigenvalue weighted by Crippen LogP contribution is 2.23. The summed E-state index contributed by atoms with van der Waals surface area (Å²) < 4.78 is 10.8. The fourth-order valence-corrected chi connectivity index (χ4v) is 4.29. The van der Waals surface area contributed by atoms with E-state index >= 15 is 0 Å². The zero-order valence-corrected chi connectivity index (χ0v) is 24.0. The number of hydrogen-bond acceptors (Lipinski definition) is 9. The van der Waals surface area contributed by atoms with Gasteiger partial charge in [0, 0.05) is 37.7 Å². The number of benzene rings is 2. The molecule has 1 N–H and O–H groups in total. The lowest BCUT2D eigenvalue weighted by atomic mass is 10.1. The fraction of sp³-hybridized carbons (Fsp3) is 0.400. The number of aliphatic imine (C=N–C) groups is 1. The van der Waals surface area contributed by atoms with Crippen molar-refractivity contribution in [3.8, 4) is 17.6 Å². The maximum absolute atomic E-state index is 12.4. The Balaban J connectivity index is 1.28. The van der Waals surface area contributed by atoms with Gasteiger partial charge in [-0.3, -0.25) is 4.79 Å². The van der Waals surface area contributed by atoms with E-state index in [9.17, 15) is 4.79 Å². The van der Waals surface area contributed by atoms with Gasteiger partial charge in [0.25, 0.3) is 0 Å². The molecule has 0 fully saturated rings. The van der Waals surface area contributed by atoms with E-state index < -0.39 is 0 Å². The molecule has 3 aromatic rings. The highest BCUT2D eigenvalue weighted by Gasteiger charge is 2.26. The molecule has 0 spiro atoms. The summed E-state index contributed by atoms with van der Waals surface area (Å²) in [5, 5.41) is 20.9. The van der Waals surface area contributed by atoms with E-state index in [1.807, 2.05) is 62.4 Å². The van der Waals surface area contributed by atoms with Gasteiger partial charge in [0.05, 0.1) is 37.6 Å². The molecular formula is C30H36N8O3. The quantitative estimate of drug-likeness (QED) is 0.290. The van der Waals surface area contributed by atoms with Crippen molar-refractivity contribution in [1.82, 2.24) is 20.2 Å². The van der Waals surface area contributed by atoms with Gasteiger partial charge < -0.3 is 19.7 Å². The number of nitriles is 1. The number of nitrogens with one attached hydrogen (secondary N) is 1. The number of ether oxygens (including phenoxy) is 2. The van der Waals surface area contributed by atoms with Crippen LogP contribution in [0.3, 0.4) is 0 Å². The average molecular weight is 557 g/mol. The van der Waals surface area contributed by atoms with Crippen molar-refractivity contribution in [2.45, 2.75) is 46.0 Å². The molecule has 0 radical (unpaired) electrons. The average Bonchev–Trinajstić information content (AvgIpc) is 3.53. The third kappa shape index (κ3) is 7.69. The normalized spacial score (nSPS) is 13.7. The molecular weight excluding hydrogens is 520 g/mol. The summed E-state index contributed by atoms with van der Waals surface area (Å²) in [5.41, 5.74) is 3.23. The van der Waals surface area contributed by atoms with Gasteiger partial charge in [-0.2, -0.15) is 10.4 Å². The van der Waals surface area contributed by atoms with Crippen LogP contribution in [0.2, 0.25) is 0 Å². The Morgan fingerprint density at radius 2 is 1.90 bits per heavy atom. The molecule has 11 heteroatoms. The van der Waals surface area contributed by atoms with E-state index in [0.29, 0.717) is 56.3 Å². The number of fused-ring (bicyclic) bond motifs is 1. The van der Waals surface area contributed by atoms with Crippen LogP contribution in [0.5, 0.6) is 11.5 Å². The van der Waals surface area contributed by atoms with Gasteiger partial charge in [0.1, 0.15) is 17.2 Å². The molecule has 0 saturated carbocycles. The predicted molar refractivity (Wildman–Crippen MR) is 158 cm³/mol. The third-order valence-corrected chi connectivity index (χ3v) is 6.66. The third-order valence-electron chi connectivity index (χ3n) is 6.66. The number of aromatic nitrogens is 3. The van der Waals surface area contributed by atoms with E-state index in [-0.39, 0.29) is 11.8 Å². The van der Waals surface area contributed by atoms with E-state index in [0.717, 1.165) is 35.1 Å². The standard InChI is InChI=1S/C30H36N8O3/c1-5-37(18-7-17-31)24-11-9-23(10-12-24)33-28-22(3)35-38-30(28)34-29(36-38)21(2)20-32-27(39)8-6-19-41-26-15-13-25(40-4)14-16-26/h9-16,21H,5-8,18-20H2,1-4H3,(H,32,39). The maximum atomic E-state index is 12.4. The zero-order chi connectivity index (χ0) is 29.2. The SMILES string of the molecule is CCN(CCC#N)c1ccc(N=C2C(C)=Nn3nc(C(C)CNC(=O)CCCOc4ccc(OC)cc4)nc32)cc1. The van der Waals surface area contributed by atoms with E-state index in [2.05, 4.69) is 33.4 Å². The monoisotopic (exact) mass is 556 g/mol. The molecule has 0 aliphatic carbocycles. The van der Waals surface area contributed by atoms with Crippen LogP contribution in [0, 0.1) is 11.3 Å². The Kier molecular flexibility index (Phi) is 10.0. The van der Waals surface area contributed by atoms with Crippen LogP contribution in [-0.4, -0.2) is 65.6 Å². The number of carbonyl (C=O) groups is 1. The van der Waals surface area contributed by atoms with Gasteiger partial charge in [-0.15, -0.1) is 9.89 Å². The molecule has 0 bridgehead atoms. The Labute approximate surface area is 240 Å². The Bertz CT molecular complexity index is 1420. The van der Waals surface area contributed by atoms with Gasteiger partial charge in [-0.05, 0) is 68.8 Å². The van der Waals surface area contributed by atoms with Crippen molar-refractivity contribution in [3.05, 3.63) is 60.2 Å². The van der Waals surface area contributed by atoms with E-state index in [1.165, 1.54) is 4.79 Å². The summed E-state index contributed by atoms with van der Waals surface area (Å²) in [6.45, 7) is 8.30. The van der Waals surface area contributed by atoms with Crippen molar-refractivity contribution < 1.29 is 14.3 Å². The minimum Gasteiger partial charge on any atom is -0.497 e. The minimum absolute atomic E-state index is 0.0456. The summed E-state index contributed by atoms with van der Waals surface area (Å²) in [6, 6.07) is 17.5. The number of methoxy groups -OCH3 is 1. The van der Waals surface area contributed by atoms with Gasteiger partial charge in [0.15, 0.2) is 5.82 Å². The van der Waals surface area contributed by atoms with Crippen LogP contribution in [-0.2, 0) is 4.79 Å². The first-order valence-electron chi connectivity index (χ1n) is 13.8. The number of carbonyl (C=O) groups excluding carboxylic acids is 1. The van der Waals surface area contributed by atoms with Crippen molar-refractivity contribution in [2.75, 3.05) is 38.3 Å². The van der Waals surface area contributed by atoms with Crippen LogP contribution in [0.15, 0.2) is 58.6 Å². The Hall–Kier alpha value is -4.72. The highest BCUT2D eigenvalue weighted by molar-refractivity contribution is 6.48. The van der Waals surface area contributed by atoms with Crippen molar-refractivity contribution >= 4 is 28.7 Å². The largest absolute Gasteiger partial charge is 0.497 e. The van der Waals surface area contributed by atoms with E-state index in [4.69, 9.17) is 24.7 Å². The van der Waals surface area contributed by atoms with Crippen molar-refractivity contribution in [1.29, 1.82) is 5.26 Å². The van der Waals surface area contributed by atoms with Crippen LogP contribution in [0.25, 0.3) is 0 Å². The van der Waals surface area contributed by atoms with Crippen LogP contribution < -0.4 is 19.7 Å². The molecule has 1 aliphatic heterocycles. The molecule has 11 nitrogen and oxygen atoms in total. The topological polar surface area (TPSA) is 130 Å². The second-order valence-corrected chi connectivity index (χ2v) is 9.67. The summed E-state index contributed by atoms with van der Waals surface area (Å²) in [6.07, 6.45) is 1.45. The van der Waals surface area contributed by atoms with Gasteiger partial charge in [-0.25, -0.2) is 9.98 Å². The molecule has 1 aliphatic rings. The Morgan fingerprint density at radius 3 is 2.59 bits per heavy atom. The van der Waals surface area contributed by atoms with Gasteiger partial charge in [0.2, 0.25) is 11.7 Å². The number of hydrogen-bond donors (Lipinski definition) is 1. The van der Waals surface area contributed by atoms with Crippen molar-refractivity contribution in [3.63, 3.8) is 0 Å². The molecule has 0 saturated heterocycles. The molecule has 214 valence electrons. The number of rotatable bonds is 14. The predicted octanol–water partition coefficient (Wildman–Crippen LogP) is 4.46. The summed E-state index contributed by atoms with van der Waals surface area (Å²) in [4.78, 5) is 25.5. The first-order chi connectivity index (χ1) is 19.9. The highest BCUT2D eigenvalue weighted by atomic mass is 16.5. The maximum Gasteiger partial charge on any atom is 0.220 e. The number of nitrogens with zero attached hydrogens (tertiary/aromatic N) is 7. The van der Waals surface area contributed by atoms with Crippen LogP contribution in [0.1, 0.15) is 57.6 Å². The molecule has 1 unspecified atom stereocenters. The van der Waals surface area contributed by atoms with E-state index in [1.54, 1.807) is 7.11 Å². The lowest BCUT2D eigenvalue weighted by Crippen LogP contribution is -2.28. The van der Waals surface area contributed by atoms with Crippen LogP contribution >= 0.6 is 0 Å². The first-order valence-corrected chi connectivity index (χ1v) is 13.8. The summed E-state index contributed by atoms with van der Waals surface area (Å²) in [5.74, 6) is 2.55. The minimum atomic E-state index is -0.0999.